The Labute approximate surface area is 157 Å². The normalized spacial score (nSPS) is 22.3. The van der Waals surface area contributed by atoms with Crippen molar-refractivity contribution < 1.29 is 9.21 Å². The fourth-order valence-electron chi connectivity index (χ4n) is 3.93. The molecule has 3 aromatic rings. The van der Waals surface area contributed by atoms with Crippen LogP contribution in [0.15, 0.2) is 46.9 Å². The van der Waals surface area contributed by atoms with Gasteiger partial charge in [-0.15, -0.1) is 0 Å². The molecule has 2 atom stereocenters. The molecule has 1 saturated heterocycles. The first-order chi connectivity index (χ1) is 13.2. The highest BCUT2D eigenvalue weighted by molar-refractivity contribution is 5.83. The molecule has 1 aromatic carbocycles. The minimum Gasteiger partial charge on any atom is -0.422 e. The van der Waals surface area contributed by atoms with Gasteiger partial charge >= 0.3 is 0 Å². The van der Waals surface area contributed by atoms with Crippen molar-refractivity contribution in [3.05, 3.63) is 53.7 Å². The van der Waals surface area contributed by atoms with Gasteiger partial charge in [0.1, 0.15) is 0 Å². The number of aryl methyl sites for hydroxylation is 1. The van der Waals surface area contributed by atoms with Gasteiger partial charge in [0.2, 0.25) is 11.6 Å². The molecule has 27 heavy (non-hydrogen) atoms. The lowest BCUT2D eigenvalue weighted by molar-refractivity contribution is -0.133. The lowest BCUT2D eigenvalue weighted by Crippen LogP contribution is -2.49. The third-order valence-electron chi connectivity index (χ3n) is 5.58. The predicted molar refractivity (Wildman–Crippen MR) is 103 cm³/mol. The molecule has 1 aliphatic carbocycles. The van der Waals surface area contributed by atoms with Gasteiger partial charge in [0.05, 0.1) is 0 Å². The van der Waals surface area contributed by atoms with Gasteiger partial charge in [-0.1, -0.05) is 30.3 Å². The number of anilines is 1. The zero-order valence-electron chi connectivity index (χ0n) is 15.3. The number of carbonyl (C=O) groups is 1. The van der Waals surface area contributed by atoms with E-state index in [1.54, 1.807) is 0 Å². The summed E-state index contributed by atoms with van der Waals surface area (Å²) < 4.78 is 5.84. The first kappa shape index (κ1) is 16.3. The molecule has 0 spiro atoms. The van der Waals surface area contributed by atoms with Gasteiger partial charge in [0.25, 0.3) is 6.01 Å². The Kier molecular flexibility index (Phi) is 3.85. The lowest BCUT2D eigenvalue weighted by atomic mass is 10.1. The van der Waals surface area contributed by atoms with E-state index in [-0.39, 0.29) is 5.92 Å². The summed E-state index contributed by atoms with van der Waals surface area (Å²) >= 11 is 0. The van der Waals surface area contributed by atoms with Crippen LogP contribution >= 0.6 is 0 Å². The average Bonchev–Trinajstić information content (AvgIpc) is 3.40. The minimum absolute atomic E-state index is 0.149. The van der Waals surface area contributed by atoms with Crippen molar-refractivity contribution in [2.75, 3.05) is 31.1 Å². The molecule has 0 radical (unpaired) electrons. The Morgan fingerprint density at radius 3 is 2.59 bits per heavy atom. The van der Waals surface area contributed by atoms with E-state index in [0.717, 1.165) is 25.2 Å². The smallest absolute Gasteiger partial charge is 0.300 e. The molecule has 2 aromatic heterocycles. The predicted octanol–water partition coefficient (Wildman–Crippen LogP) is 2.98. The standard InChI is InChI=1S/C21H22N4O2/c1-14-7-8-18-19(22-14)23-21(27-18)25-11-9-24(10-12-25)20(26)17-13-16(17)15-5-3-2-4-6-15/h2-8,16-17H,9-13H2,1H3/t16-,17+/m0/s1. The maximum absolute atomic E-state index is 12.8. The summed E-state index contributed by atoms with van der Waals surface area (Å²) in [7, 11) is 0. The van der Waals surface area contributed by atoms with Crippen LogP contribution in [0.1, 0.15) is 23.6 Å². The van der Waals surface area contributed by atoms with Gasteiger partial charge in [0.15, 0.2) is 5.58 Å². The number of carbonyl (C=O) groups excluding carboxylic acids is 1. The van der Waals surface area contributed by atoms with Gasteiger partial charge in [-0.3, -0.25) is 4.79 Å². The van der Waals surface area contributed by atoms with Gasteiger partial charge in [-0.2, -0.15) is 4.98 Å². The van der Waals surface area contributed by atoms with E-state index in [4.69, 9.17) is 4.42 Å². The third kappa shape index (κ3) is 3.05. The van der Waals surface area contributed by atoms with Crippen molar-refractivity contribution in [1.82, 2.24) is 14.9 Å². The fourth-order valence-corrected chi connectivity index (χ4v) is 3.93. The maximum Gasteiger partial charge on any atom is 0.300 e. The van der Waals surface area contributed by atoms with Crippen LogP contribution in [0, 0.1) is 12.8 Å². The summed E-state index contributed by atoms with van der Waals surface area (Å²) in [5.41, 5.74) is 3.56. The second-order valence-corrected chi connectivity index (χ2v) is 7.44. The highest BCUT2D eigenvalue weighted by atomic mass is 16.4. The minimum atomic E-state index is 0.149. The zero-order valence-corrected chi connectivity index (χ0v) is 15.3. The number of aromatic nitrogens is 2. The number of fused-ring (bicyclic) bond motifs is 1. The summed E-state index contributed by atoms with van der Waals surface area (Å²) in [6.07, 6.45) is 0.971. The summed E-state index contributed by atoms with van der Waals surface area (Å²) in [5, 5.41) is 0. The average molecular weight is 362 g/mol. The molecule has 138 valence electrons. The van der Waals surface area contributed by atoms with E-state index < -0.39 is 0 Å². The van der Waals surface area contributed by atoms with Crippen molar-refractivity contribution in [1.29, 1.82) is 0 Å². The molecule has 2 aliphatic rings. The summed E-state index contributed by atoms with van der Waals surface area (Å²) in [5.74, 6) is 0.830. The molecular weight excluding hydrogens is 340 g/mol. The molecule has 0 unspecified atom stereocenters. The van der Waals surface area contributed by atoms with Crippen molar-refractivity contribution in [2.24, 2.45) is 5.92 Å². The van der Waals surface area contributed by atoms with Gasteiger partial charge in [-0.05, 0) is 37.0 Å². The summed E-state index contributed by atoms with van der Waals surface area (Å²) in [6.45, 7) is 4.84. The number of nitrogens with zero attached hydrogens (tertiary/aromatic N) is 4. The van der Waals surface area contributed by atoms with Crippen molar-refractivity contribution in [3.63, 3.8) is 0 Å². The molecule has 1 saturated carbocycles. The van der Waals surface area contributed by atoms with Crippen LogP contribution in [0.5, 0.6) is 0 Å². The first-order valence-corrected chi connectivity index (χ1v) is 9.52. The Hall–Kier alpha value is -2.89. The highest BCUT2D eigenvalue weighted by Gasteiger charge is 2.46. The Morgan fingerprint density at radius 2 is 1.81 bits per heavy atom. The van der Waals surface area contributed by atoms with Crippen LogP contribution in [0.2, 0.25) is 0 Å². The van der Waals surface area contributed by atoms with E-state index in [1.165, 1.54) is 5.56 Å². The number of pyridine rings is 1. The fraction of sp³-hybridized carbons (Fsp3) is 0.381. The van der Waals surface area contributed by atoms with Crippen LogP contribution in [0.3, 0.4) is 0 Å². The largest absolute Gasteiger partial charge is 0.422 e. The van der Waals surface area contributed by atoms with Crippen LogP contribution in [-0.2, 0) is 4.79 Å². The third-order valence-corrected chi connectivity index (χ3v) is 5.58. The molecule has 2 fully saturated rings. The molecule has 6 heteroatoms. The number of hydrogen-bond acceptors (Lipinski definition) is 5. The summed E-state index contributed by atoms with van der Waals surface area (Å²) in [6, 6.07) is 14.8. The quantitative estimate of drug-likeness (QED) is 0.717. The maximum atomic E-state index is 12.8. The van der Waals surface area contributed by atoms with Crippen LogP contribution in [-0.4, -0.2) is 47.0 Å². The number of amides is 1. The number of oxazole rings is 1. The molecule has 6 nitrogen and oxygen atoms in total. The molecule has 1 amide bonds. The van der Waals surface area contributed by atoms with Gasteiger partial charge < -0.3 is 14.2 Å². The van der Waals surface area contributed by atoms with Gasteiger partial charge in [-0.25, -0.2) is 4.98 Å². The topological polar surface area (TPSA) is 62.5 Å². The number of benzene rings is 1. The molecule has 1 aliphatic heterocycles. The zero-order chi connectivity index (χ0) is 18.4. The Morgan fingerprint density at radius 1 is 1.04 bits per heavy atom. The summed E-state index contributed by atoms with van der Waals surface area (Å²) in [4.78, 5) is 25.8. The molecule has 0 N–H and O–H groups in total. The Bertz CT molecular complexity index is 976. The number of rotatable bonds is 3. The van der Waals surface area contributed by atoms with Crippen molar-refractivity contribution >= 4 is 23.2 Å². The highest BCUT2D eigenvalue weighted by Crippen LogP contribution is 2.48. The van der Waals surface area contributed by atoms with Crippen molar-refractivity contribution in [2.45, 2.75) is 19.3 Å². The van der Waals surface area contributed by atoms with Crippen LogP contribution in [0.25, 0.3) is 11.2 Å². The molecular formula is C21H22N4O2. The number of hydrogen-bond donors (Lipinski definition) is 0. The molecule has 5 rings (SSSR count). The van der Waals surface area contributed by atoms with Crippen LogP contribution in [0.4, 0.5) is 6.01 Å². The SMILES string of the molecule is Cc1ccc2oc(N3CCN(C(=O)[C@@H]4C[C@H]4c4ccccc4)CC3)nc2n1. The molecule has 3 heterocycles. The van der Waals surface area contributed by atoms with Crippen molar-refractivity contribution in [3.8, 4) is 0 Å². The van der Waals surface area contributed by atoms with Gasteiger partial charge in [0, 0.05) is 37.8 Å². The van der Waals surface area contributed by atoms with E-state index in [0.29, 0.717) is 42.2 Å². The Balaban J connectivity index is 1.22. The monoisotopic (exact) mass is 362 g/mol. The van der Waals surface area contributed by atoms with Crippen LogP contribution < -0.4 is 4.90 Å². The van der Waals surface area contributed by atoms with E-state index >= 15 is 0 Å². The second kappa shape index (κ2) is 6.37. The number of piperazine rings is 1. The molecule has 0 bridgehead atoms. The van der Waals surface area contributed by atoms with E-state index in [1.807, 2.05) is 42.2 Å². The van der Waals surface area contributed by atoms with E-state index in [9.17, 15) is 4.79 Å². The lowest BCUT2D eigenvalue weighted by Gasteiger charge is -2.34. The second-order valence-electron chi connectivity index (χ2n) is 7.44. The first-order valence-electron chi connectivity index (χ1n) is 9.52. The van der Waals surface area contributed by atoms with E-state index in [2.05, 4.69) is 27.0 Å².